The predicted octanol–water partition coefficient (Wildman–Crippen LogP) is 2.54. The Morgan fingerprint density at radius 3 is 2.38 bits per heavy atom. The SMILES string of the molecule is CC(C)CCC(=O)N(C)Cc1ccc(OCC(=O)O)cc1. The lowest BCUT2D eigenvalue weighted by molar-refractivity contribution is -0.139. The van der Waals surface area contributed by atoms with E-state index in [2.05, 4.69) is 13.8 Å². The number of hydrogen-bond donors (Lipinski definition) is 1. The van der Waals surface area contributed by atoms with Crippen LogP contribution in [0.15, 0.2) is 24.3 Å². The van der Waals surface area contributed by atoms with Gasteiger partial charge in [-0.05, 0) is 30.0 Å². The van der Waals surface area contributed by atoms with Crippen LogP contribution in [0.3, 0.4) is 0 Å². The Morgan fingerprint density at radius 2 is 1.86 bits per heavy atom. The summed E-state index contributed by atoms with van der Waals surface area (Å²) in [5.41, 5.74) is 0.984. The molecule has 116 valence electrons. The number of carboxylic acid groups (broad SMARTS) is 1. The summed E-state index contributed by atoms with van der Waals surface area (Å²) in [6.45, 7) is 4.38. The minimum atomic E-state index is -1.01. The van der Waals surface area contributed by atoms with Crippen LogP contribution in [0.25, 0.3) is 0 Å². The summed E-state index contributed by atoms with van der Waals surface area (Å²) >= 11 is 0. The molecule has 0 aliphatic rings. The van der Waals surface area contributed by atoms with Crippen LogP contribution >= 0.6 is 0 Å². The number of aliphatic carboxylic acids is 1. The van der Waals surface area contributed by atoms with E-state index in [9.17, 15) is 9.59 Å². The molecule has 0 aliphatic carbocycles. The van der Waals surface area contributed by atoms with Gasteiger partial charge in [-0.3, -0.25) is 4.79 Å². The second-order valence-electron chi connectivity index (χ2n) is 5.51. The molecular formula is C16H23NO4. The van der Waals surface area contributed by atoms with Crippen molar-refractivity contribution in [2.24, 2.45) is 5.92 Å². The molecule has 0 heterocycles. The fourth-order valence-corrected chi connectivity index (χ4v) is 1.80. The number of ether oxygens (including phenoxy) is 1. The van der Waals surface area contributed by atoms with Crippen LogP contribution in [0.5, 0.6) is 5.75 Å². The van der Waals surface area contributed by atoms with E-state index < -0.39 is 5.97 Å². The molecule has 0 radical (unpaired) electrons. The Labute approximate surface area is 125 Å². The molecule has 0 unspecified atom stereocenters. The highest BCUT2D eigenvalue weighted by atomic mass is 16.5. The molecule has 0 aliphatic heterocycles. The van der Waals surface area contributed by atoms with Crippen molar-refractivity contribution in [3.63, 3.8) is 0 Å². The van der Waals surface area contributed by atoms with Crippen LogP contribution in [0, 0.1) is 5.92 Å². The van der Waals surface area contributed by atoms with E-state index in [1.54, 1.807) is 24.1 Å². The van der Waals surface area contributed by atoms with Gasteiger partial charge in [0, 0.05) is 20.0 Å². The van der Waals surface area contributed by atoms with Gasteiger partial charge in [0.05, 0.1) is 0 Å². The zero-order valence-electron chi connectivity index (χ0n) is 12.8. The number of benzene rings is 1. The lowest BCUT2D eigenvalue weighted by Gasteiger charge is -2.18. The van der Waals surface area contributed by atoms with Gasteiger partial charge < -0.3 is 14.7 Å². The van der Waals surface area contributed by atoms with Crippen LogP contribution in [0.4, 0.5) is 0 Å². The van der Waals surface area contributed by atoms with Crippen molar-refractivity contribution in [1.29, 1.82) is 0 Å². The largest absolute Gasteiger partial charge is 0.482 e. The molecule has 1 N–H and O–H groups in total. The number of nitrogens with zero attached hydrogens (tertiary/aromatic N) is 1. The van der Waals surface area contributed by atoms with E-state index in [0.29, 0.717) is 24.6 Å². The molecule has 0 atom stereocenters. The van der Waals surface area contributed by atoms with Gasteiger partial charge in [-0.2, -0.15) is 0 Å². The summed E-state index contributed by atoms with van der Waals surface area (Å²) in [6, 6.07) is 7.10. The monoisotopic (exact) mass is 293 g/mol. The Kier molecular flexibility index (Phi) is 6.72. The molecule has 1 aromatic carbocycles. The first kappa shape index (κ1) is 17.0. The molecule has 5 nitrogen and oxygen atoms in total. The number of amides is 1. The molecular weight excluding hydrogens is 270 g/mol. The first-order chi connectivity index (χ1) is 9.88. The van der Waals surface area contributed by atoms with Crippen LogP contribution in [0.2, 0.25) is 0 Å². The summed E-state index contributed by atoms with van der Waals surface area (Å²) in [7, 11) is 1.79. The highest BCUT2D eigenvalue weighted by Crippen LogP contribution is 2.14. The van der Waals surface area contributed by atoms with Gasteiger partial charge >= 0.3 is 5.97 Å². The third-order valence-electron chi connectivity index (χ3n) is 3.07. The summed E-state index contributed by atoms with van der Waals surface area (Å²) in [6.07, 6.45) is 1.46. The van der Waals surface area contributed by atoms with E-state index in [1.807, 2.05) is 12.1 Å². The Hall–Kier alpha value is -2.04. The quantitative estimate of drug-likeness (QED) is 0.800. The van der Waals surface area contributed by atoms with Gasteiger partial charge in [-0.1, -0.05) is 26.0 Å². The second kappa shape index (κ2) is 8.29. The first-order valence-electron chi connectivity index (χ1n) is 7.06. The summed E-state index contributed by atoms with van der Waals surface area (Å²) in [4.78, 5) is 24.0. The summed E-state index contributed by atoms with van der Waals surface area (Å²) in [5.74, 6) is 0.160. The van der Waals surface area contributed by atoms with Gasteiger partial charge in [0.1, 0.15) is 5.75 Å². The van der Waals surface area contributed by atoms with E-state index in [1.165, 1.54) is 0 Å². The summed E-state index contributed by atoms with van der Waals surface area (Å²) < 4.78 is 5.06. The number of carboxylic acids is 1. The molecule has 0 saturated heterocycles. The molecule has 1 amide bonds. The van der Waals surface area contributed by atoms with Crippen molar-refractivity contribution in [3.8, 4) is 5.75 Å². The van der Waals surface area contributed by atoms with Crippen molar-refractivity contribution in [2.75, 3.05) is 13.7 Å². The summed E-state index contributed by atoms with van der Waals surface area (Å²) in [5, 5.41) is 8.53. The first-order valence-corrected chi connectivity index (χ1v) is 7.06. The average molecular weight is 293 g/mol. The number of carbonyl (C=O) groups excluding carboxylic acids is 1. The van der Waals surface area contributed by atoms with E-state index in [4.69, 9.17) is 9.84 Å². The zero-order valence-corrected chi connectivity index (χ0v) is 12.8. The van der Waals surface area contributed by atoms with E-state index in [0.717, 1.165) is 12.0 Å². The highest BCUT2D eigenvalue weighted by Gasteiger charge is 2.10. The molecule has 21 heavy (non-hydrogen) atoms. The number of rotatable bonds is 8. The smallest absolute Gasteiger partial charge is 0.341 e. The fraction of sp³-hybridized carbons (Fsp3) is 0.500. The fourth-order valence-electron chi connectivity index (χ4n) is 1.80. The molecule has 1 aromatic rings. The van der Waals surface area contributed by atoms with Crippen molar-refractivity contribution < 1.29 is 19.4 Å². The normalized spacial score (nSPS) is 10.5. The third-order valence-corrected chi connectivity index (χ3v) is 3.07. The minimum absolute atomic E-state index is 0.134. The third kappa shape index (κ3) is 6.79. The minimum Gasteiger partial charge on any atom is -0.482 e. The molecule has 0 fully saturated rings. The standard InChI is InChI=1S/C16H23NO4/c1-12(2)4-9-15(18)17(3)10-13-5-7-14(8-6-13)21-11-16(19)20/h5-8,12H,4,9-11H2,1-3H3,(H,19,20). The predicted molar refractivity (Wildman–Crippen MR) is 80.1 cm³/mol. The second-order valence-corrected chi connectivity index (χ2v) is 5.51. The molecule has 0 aromatic heterocycles. The Bertz CT molecular complexity index is 468. The van der Waals surface area contributed by atoms with Gasteiger partial charge in [0.25, 0.3) is 0 Å². The topological polar surface area (TPSA) is 66.8 Å². The van der Waals surface area contributed by atoms with Gasteiger partial charge in [0.2, 0.25) is 5.91 Å². The Morgan fingerprint density at radius 1 is 1.24 bits per heavy atom. The number of hydrogen-bond acceptors (Lipinski definition) is 3. The van der Waals surface area contributed by atoms with E-state index in [-0.39, 0.29) is 12.5 Å². The van der Waals surface area contributed by atoms with Gasteiger partial charge in [-0.15, -0.1) is 0 Å². The maximum atomic E-state index is 11.9. The van der Waals surface area contributed by atoms with Crippen molar-refractivity contribution >= 4 is 11.9 Å². The number of carbonyl (C=O) groups is 2. The van der Waals surface area contributed by atoms with Crippen LogP contribution in [-0.4, -0.2) is 35.5 Å². The van der Waals surface area contributed by atoms with Crippen LogP contribution < -0.4 is 4.74 Å². The maximum Gasteiger partial charge on any atom is 0.341 e. The van der Waals surface area contributed by atoms with Crippen molar-refractivity contribution in [3.05, 3.63) is 29.8 Å². The molecule has 0 spiro atoms. The molecule has 0 bridgehead atoms. The molecule has 5 heteroatoms. The van der Waals surface area contributed by atoms with Gasteiger partial charge in [-0.25, -0.2) is 4.79 Å². The Balaban J connectivity index is 2.47. The van der Waals surface area contributed by atoms with Crippen molar-refractivity contribution in [1.82, 2.24) is 4.90 Å². The van der Waals surface area contributed by atoms with Crippen molar-refractivity contribution in [2.45, 2.75) is 33.2 Å². The zero-order chi connectivity index (χ0) is 15.8. The average Bonchev–Trinajstić information content (AvgIpc) is 2.43. The molecule has 0 saturated carbocycles. The van der Waals surface area contributed by atoms with E-state index >= 15 is 0 Å². The van der Waals surface area contributed by atoms with Crippen LogP contribution in [-0.2, 0) is 16.1 Å². The lowest BCUT2D eigenvalue weighted by atomic mass is 10.1. The lowest BCUT2D eigenvalue weighted by Crippen LogP contribution is -2.26. The van der Waals surface area contributed by atoms with Gasteiger partial charge in [0.15, 0.2) is 6.61 Å². The maximum absolute atomic E-state index is 11.9. The van der Waals surface area contributed by atoms with Crippen LogP contribution in [0.1, 0.15) is 32.3 Å². The molecule has 1 rings (SSSR count). The highest BCUT2D eigenvalue weighted by molar-refractivity contribution is 5.75.